The molecule has 0 aliphatic carbocycles. The van der Waals surface area contributed by atoms with E-state index in [0.29, 0.717) is 30.2 Å². The highest BCUT2D eigenvalue weighted by Gasteiger charge is 2.01. The molecule has 0 N–H and O–H groups in total. The van der Waals surface area contributed by atoms with Gasteiger partial charge in [0.25, 0.3) is 0 Å². The van der Waals surface area contributed by atoms with Crippen LogP contribution in [0.5, 0.6) is 11.5 Å². The summed E-state index contributed by atoms with van der Waals surface area (Å²) in [6.07, 6.45) is 3.45. The first-order valence-corrected chi connectivity index (χ1v) is 5.51. The highest BCUT2D eigenvalue weighted by Crippen LogP contribution is 2.20. The first-order valence-electron chi connectivity index (χ1n) is 5.51. The molecule has 2 rings (SSSR count). The van der Waals surface area contributed by atoms with Crippen LogP contribution in [0.15, 0.2) is 36.7 Å². The summed E-state index contributed by atoms with van der Waals surface area (Å²) >= 11 is 0. The molecule has 1 heterocycles. The van der Waals surface area contributed by atoms with Crippen LogP contribution in [0.1, 0.15) is 5.56 Å². The Kier molecular flexibility index (Phi) is 3.94. The number of nitriles is 1. The van der Waals surface area contributed by atoms with Crippen LogP contribution in [-0.4, -0.2) is 23.5 Å². The minimum Gasteiger partial charge on any atom is -0.454 e. The molecule has 0 radical (unpaired) electrons. The molecule has 5 heteroatoms. The average molecular weight is 243 g/mol. The van der Waals surface area contributed by atoms with Crippen LogP contribution in [-0.2, 0) is 11.3 Å². The lowest BCUT2D eigenvalue weighted by Gasteiger charge is -2.02. The van der Waals surface area contributed by atoms with Gasteiger partial charge in [0.05, 0.1) is 37.2 Å². The SMILES string of the molecule is COCCn1cc(Oc2ccc(C#N)cc2)cn1. The van der Waals surface area contributed by atoms with E-state index in [2.05, 4.69) is 11.2 Å². The molecular formula is C13H13N3O2. The van der Waals surface area contributed by atoms with Crippen molar-refractivity contribution in [2.24, 2.45) is 0 Å². The molecule has 5 nitrogen and oxygen atoms in total. The van der Waals surface area contributed by atoms with E-state index in [4.69, 9.17) is 14.7 Å². The Hall–Kier alpha value is -2.32. The first-order chi connectivity index (χ1) is 8.81. The lowest BCUT2D eigenvalue weighted by molar-refractivity contribution is 0.183. The van der Waals surface area contributed by atoms with Crippen molar-refractivity contribution in [1.29, 1.82) is 5.26 Å². The van der Waals surface area contributed by atoms with Crippen LogP contribution < -0.4 is 4.74 Å². The van der Waals surface area contributed by atoms with E-state index in [9.17, 15) is 0 Å². The van der Waals surface area contributed by atoms with E-state index >= 15 is 0 Å². The molecule has 2 aromatic rings. The van der Waals surface area contributed by atoms with Crippen LogP contribution in [0.2, 0.25) is 0 Å². The van der Waals surface area contributed by atoms with E-state index in [0.717, 1.165) is 0 Å². The second kappa shape index (κ2) is 5.84. The Morgan fingerprint density at radius 3 is 2.72 bits per heavy atom. The third kappa shape index (κ3) is 3.09. The Balaban J connectivity index is 2.00. The Labute approximate surface area is 105 Å². The van der Waals surface area contributed by atoms with Crippen LogP contribution >= 0.6 is 0 Å². The van der Waals surface area contributed by atoms with E-state index in [1.54, 1.807) is 48.5 Å². The van der Waals surface area contributed by atoms with Crippen LogP contribution in [0.3, 0.4) is 0 Å². The normalized spacial score (nSPS) is 10.0. The molecule has 18 heavy (non-hydrogen) atoms. The predicted octanol–water partition coefficient (Wildman–Crippen LogP) is 2.19. The summed E-state index contributed by atoms with van der Waals surface area (Å²) in [5.74, 6) is 1.34. The molecule has 0 amide bonds. The van der Waals surface area contributed by atoms with Gasteiger partial charge in [-0.05, 0) is 24.3 Å². The molecule has 1 aromatic heterocycles. The Morgan fingerprint density at radius 1 is 1.28 bits per heavy atom. The van der Waals surface area contributed by atoms with Crippen molar-refractivity contribution in [3.63, 3.8) is 0 Å². The van der Waals surface area contributed by atoms with E-state index in [1.165, 1.54) is 0 Å². The number of aromatic nitrogens is 2. The number of rotatable bonds is 5. The molecule has 0 fully saturated rings. The van der Waals surface area contributed by atoms with Gasteiger partial charge in [-0.2, -0.15) is 10.4 Å². The summed E-state index contributed by atoms with van der Waals surface area (Å²) in [7, 11) is 1.65. The fourth-order valence-corrected chi connectivity index (χ4v) is 1.44. The Bertz CT molecular complexity index is 540. The topological polar surface area (TPSA) is 60.1 Å². The number of methoxy groups -OCH3 is 1. The minimum absolute atomic E-state index is 0.609. The molecule has 0 unspecified atom stereocenters. The summed E-state index contributed by atoms with van der Waals surface area (Å²) in [6.45, 7) is 1.30. The zero-order valence-electron chi connectivity index (χ0n) is 10.0. The van der Waals surface area contributed by atoms with Gasteiger partial charge in [-0.1, -0.05) is 0 Å². The van der Waals surface area contributed by atoms with Gasteiger partial charge in [0, 0.05) is 7.11 Å². The average Bonchev–Trinajstić information content (AvgIpc) is 2.85. The summed E-state index contributed by atoms with van der Waals surface area (Å²) in [5, 5.41) is 12.8. The van der Waals surface area contributed by atoms with Crippen LogP contribution in [0.25, 0.3) is 0 Å². The summed E-state index contributed by atoms with van der Waals surface area (Å²) in [5.41, 5.74) is 0.609. The fourth-order valence-electron chi connectivity index (χ4n) is 1.44. The van der Waals surface area contributed by atoms with Gasteiger partial charge in [-0.25, -0.2) is 0 Å². The van der Waals surface area contributed by atoms with Gasteiger partial charge in [0.15, 0.2) is 5.75 Å². The second-order valence-corrected chi connectivity index (χ2v) is 3.67. The molecule has 1 aromatic carbocycles. The second-order valence-electron chi connectivity index (χ2n) is 3.67. The van der Waals surface area contributed by atoms with Crippen LogP contribution in [0.4, 0.5) is 0 Å². The number of benzene rings is 1. The number of ether oxygens (including phenoxy) is 2. The van der Waals surface area contributed by atoms with E-state index in [1.807, 2.05) is 0 Å². The summed E-state index contributed by atoms with van der Waals surface area (Å²) in [6, 6.07) is 9.00. The largest absolute Gasteiger partial charge is 0.454 e. The molecule has 0 saturated carbocycles. The van der Waals surface area contributed by atoms with E-state index in [-0.39, 0.29) is 0 Å². The molecule has 0 bridgehead atoms. The maximum absolute atomic E-state index is 8.69. The van der Waals surface area contributed by atoms with Crippen molar-refractivity contribution in [2.45, 2.75) is 6.54 Å². The molecule has 0 saturated heterocycles. The number of nitrogens with zero attached hydrogens (tertiary/aromatic N) is 3. The van der Waals surface area contributed by atoms with Gasteiger partial charge in [0.2, 0.25) is 0 Å². The predicted molar refractivity (Wildman–Crippen MR) is 65.3 cm³/mol. The molecule has 0 aliphatic rings. The van der Waals surface area contributed by atoms with Crippen molar-refractivity contribution < 1.29 is 9.47 Å². The van der Waals surface area contributed by atoms with Gasteiger partial charge in [-0.15, -0.1) is 0 Å². The van der Waals surface area contributed by atoms with Crippen molar-refractivity contribution in [2.75, 3.05) is 13.7 Å². The minimum atomic E-state index is 0.609. The number of hydrogen-bond donors (Lipinski definition) is 0. The van der Waals surface area contributed by atoms with Crippen molar-refractivity contribution in [3.05, 3.63) is 42.2 Å². The summed E-state index contributed by atoms with van der Waals surface area (Å²) < 4.78 is 12.3. The first kappa shape index (κ1) is 12.1. The third-order valence-corrected chi connectivity index (χ3v) is 2.35. The molecule has 0 atom stereocenters. The molecule has 92 valence electrons. The van der Waals surface area contributed by atoms with Gasteiger partial charge in [0.1, 0.15) is 5.75 Å². The quantitative estimate of drug-likeness (QED) is 0.807. The lowest BCUT2D eigenvalue weighted by atomic mass is 10.2. The number of hydrogen-bond acceptors (Lipinski definition) is 4. The highest BCUT2D eigenvalue weighted by molar-refractivity contribution is 5.36. The fraction of sp³-hybridized carbons (Fsp3) is 0.231. The standard InChI is InChI=1S/C13H13N3O2/c1-17-7-6-16-10-13(9-15-16)18-12-4-2-11(8-14)3-5-12/h2-5,9-10H,6-7H2,1H3. The third-order valence-electron chi connectivity index (χ3n) is 2.35. The van der Waals surface area contributed by atoms with Crippen molar-refractivity contribution in [3.8, 4) is 17.6 Å². The van der Waals surface area contributed by atoms with Crippen molar-refractivity contribution in [1.82, 2.24) is 9.78 Å². The van der Waals surface area contributed by atoms with Crippen LogP contribution in [0, 0.1) is 11.3 Å². The maximum atomic E-state index is 8.69. The van der Waals surface area contributed by atoms with Gasteiger partial charge < -0.3 is 9.47 Å². The monoisotopic (exact) mass is 243 g/mol. The Morgan fingerprint density at radius 2 is 2.06 bits per heavy atom. The van der Waals surface area contributed by atoms with E-state index < -0.39 is 0 Å². The zero-order chi connectivity index (χ0) is 12.8. The maximum Gasteiger partial charge on any atom is 0.165 e. The smallest absolute Gasteiger partial charge is 0.165 e. The molecular weight excluding hydrogens is 230 g/mol. The molecule has 0 spiro atoms. The summed E-state index contributed by atoms with van der Waals surface area (Å²) in [4.78, 5) is 0. The van der Waals surface area contributed by atoms with Gasteiger partial charge >= 0.3 is 0 Å². The lowest BCUT2D eigenvalue weighted by Crippen LogP contribution is -2.03. The van der Waals surface area contributed by atoms with Crippen molar-refractivity contribution >= 4 is 0 Å². The zero-order valence-corrected chi connectivity index (χ0v) is 10.0. The molecule has 0 aliphatic heterocycles. The van der Waals surface area contributed by atoms with Gasteiger partial charge in [-0.3, -0.25) is 4.68 Å². The highest BCUT2D eigenvalue weighted by atomic mass is 16.5.